The van der Waals surface area contributed by atoms with E-state index in [1.54, 1.807) is 19.1 Å². The van der Waals surface area contributed by atoms with Crippen molar-refractivity contribution in [3.05, 3.63) is 59.2 Å². The molecule has 2 aromatic carbocycles. The fourth-order valence-corrected chi connectivity index (χ4v) is 4.54. The summed E-state index contributed by atoms with van der Waals surface area (Å²) in [5.74, 6) is 0.557. The second kappa shape index (κ2) is 11.2. The Morgan fingerprint density at radius 3 is 2.48 bits per heavy atom. The molecular formula is C24H34N2O4S. The highest BCUT2D eigenvalue weighted by atomic mass is 32.2. The van der Waals surface area contributed by atoms with Gasteiger partial charge in [0, 0.05) is 6.54 Å². The normalized spacial score (nSPS) is 12.3. The topological polar surface area (TPSA) is 75.7 Å². The van der Waals surface area contributed by atoms with Crippen molar-refractivity contribution in [1.29, 1.82) is 0 Å². The van der Waals surface area contributed by atoms with Crippen LogP contribution in [0.3, 0.4) is 0 Å². The van der Waals surface area contributed by atoms with E-state index in [9.17, 15) is 13.2 Å². The molecule has 0 unspecified atom stereocenters. The fraction of sp³-hybridized carbons (Fsp3) is 0.458. The largest absolute Gasteiger partial charge is 0.493 e. The molecule has 2 aromatic rings. The van der Waals surface area contributed by atoms with E-state index in [1.165, 1.54) is 4.31 Å². The molecule has 1 N–H and O–H groups in total. The summed E-state index contributed by atoms with van der Waals surface area (Å²) in [6, 6.07) is 12.5. The summed E-state index contributed by atoms with van der Waals surface area (Å²) in [5.41, 5.74) is 3.64. The van der Waals surface area contributed by atoms with E-state index >= 15 is 0 Å². The number of rotatable bonds is 11. The van der Waals surface area contributed by atoms with Crippen LogP contribution < -0.4 is 14.4 Å². The molecule has 0 saturated carbocycles. The van der Waals surface area contributed by atoms with E-state index < -0.39 is 16.1 Å². The zero-order chi connectivity index (χ0) is 23.0. The molecule has 1 amide bonds. The maximum Gasteiger partial charge on any atom is 0.243 e. The molecule has 1 atom stereocenters. The molecule has 0 aliphatic carbocycles. The second-order valence-corrected chi connectivity index (χ2v) is 9.71. The molecule has 0 radical (unpaired) electrons. The van der Waals surface area contributed by atoms with Crippen LogP contribution in [0.5, 0.6) is 5.75 Å². The third-order valence-corrected chi connectivity index (χ3v) is 6.43. The summed E-state index contributed by atoms with van der Waals surface area (Å²) in [5, 5.41) is 2.88. The van der Waals surface area contributed by atoms with Crippen molar-refractivity contribution in [3.63, 3.8) is 0 Å². The summed E-state index contributed by atoms with van der Waals surface area (Å²) in [6.07, 6.45) is 3.56. The maximum atomic E-state index is 12.7. The van der Waals surface area contributed by atoms with Crippen molar-refractivity contribution in [2.45, 2.75) is 53.0 Å². The van der Waals surface area contributed by atoms with Crippen LogP contribution in [-0.2, 0) is 21.2 Å². The quantitative estimate of drug-likeness (QED) is 0.530. The van der Waals surface area contributed by atoms with Crippen LogP contribution in [0.25, 0.3) is 0 Å². The van der Waals surface area contributed by atoms with Crippen molar-refractivity contribution in [2.24, 2.45) is 0 Å². The minimum Gasteiger partial charge on any atom is -0.493 e. The van der Waals surface area contributed by atoms with E-state index in [2.05, 4.69) is 12.2 Å². The van der Waals surface area contributed by atoms with Gasteiger partial charge in [0.05, 0.1) is 18.6 Å². The van der Waals surface area contributed by atoms with Gasteiger partial charge in [0.2, 0.25) is 15.9 Å². The predicted octanol–water partition coefficient (Wildman–Crippen LogP) is 4.00. The Bertz CT molecular complexity index is 989. The van der Waals surface area contributed by atoms with Gasteiger partial charge in [-0.1, -0.05) is 31.2 Å². The van der Waals surface area contributed by atoms with Crippen LogP contribution in [0.15, 0.2) is 42.5 Å². The van der Waals surface area contributed by atoms with Crippen LogP contribution in [0, 0.1) is 13.8 Å². The molecule has 170 valence electrons. The third kappa shape index (κ3) is 6.99. The Labute approximate surface area is 186 Å². The van der Waals surface area contributed by atoms with Crippen LogP contribution >= 0.6 is 0 Å². The van der Waals surface area contributed by atoms with Crippen LogP contribution in [0.4, 0.5) is 5.69 Å². The Kier molecular flexibility index (Phi) is 8.92. The Hall–Kier alpha value is -2.54. The summed E-state index contributed by atoms with van der Waals surface area (Å²) >= 11 is 0. The highest BCUT2D eigenvalue weighted by Crippen LogP contribution is 2.24. The van der Waals surface area contributed by atoms with E-state index in [1.807, 2.05) is 44.2 Å². The summed E-state index contributed by atoms with van der Waals surface area (Å²) in [6.45, 7) is 8.69. The first-order valence-corrected chi connectivity index (χ1v) is 12.5. The number of benzene rings is 2. The number of para-hydroxylation sites is 1. The highest BCUT2D eigenvalue weighted by molar-refractivity contribution is 7.92. The van der Waals surface area contributed by atoms with Gasteiger partial charge in [0.25, 0.3) is 0 Å². The standard InChI is InChI=1S/C24H34N2O4S/c1-6-16-30-23-12-8-7-10-21(23)11-9-15-25-24(27)20(4)26(31(5,28)29)22-14-13-18(2)19(3)17-22/h7-8,10,12-14,17,20H,6,9,11,15-16H2,1-5H3,(H,25,27)/t20-/m0/s1. The number of hydrogen-bond acceptors (Lipinski definition) is 4. The van der Waals surface area contributed by atoms with Crippen molar-refractivity contribution in [1.82, 2.24) is 5.32 Å². The second-order valence-electron chi connectivity index (χ2n) is 7.85. The average molecular weight is 447 g/mol. The van der Waals surface area contributed by atoms with Crippen LogP contribution in [0.2, 0.25) is 0 Å². The van der Waals surface area contributed by atoms with E-state index in [0.717, 1.165) is 48.0 Å². The van der Waals surface area contributed by atoms with Crippen molar-refractivity contribution in [2.75, 3.05) is 23.7 Å². The van der Waals surface area contributed by atoms with Crippen molar-refractivity contribution < 1.29 is 17.9 Å². The zero-order valence-electron chi connectivity index (χ0n) is 19.1. The van der Waals surface area contributed by atoms with E-state index in [0.29, 0.717) is 18.8 Å². The molecule has 2 rings (SSSR count). The first kappa shape index (κ1) is 24.7. The minimum atomic E-state index is -3.62. The van der Waals surface area contributed by atoms with Gasteiger partial charge in [0.1, 0.15) is 11.8 Å². The minimum absolute atomic E-state index is 0.320. The lowest BCUT2D eigenvalue weighted by Crippen LogP contribution is -2.48. The number of nitrogens with zero attached hydrogens (tertiary/aromatic N) is 1. The lowest BCUT2D eigenvalue weighted by Gasteiger charge is -2.28. The lowest BCUT2D eigenvalue weighted by atomic mass is 10.1. The van der Waals surface area contributed by atoms with E-state index in [-0.39, 0.29) is 5.91 Å². The molecule has 0 spiro atoms. The van der Waals surface area contributed by atoms with Crippen LogP contribution in [0.1, 0.15) is 43.4 Å². The van der Waals surface area contributed by atoms with Gasteiger partial charge in [-0.2, -0.15) is 0 Å². The Balaban J connectivity index is 2.00. The van der Waals surface area contributed by atoms with Gasteiger partial charge in [-0.05, 0) is 74.9 Å². The molecule has 0 heterocycles. The predicted molar refractivity (Wildman–Crippen MR) is 126 cm³/mol. The smallest absolute Gasteiger partial charge is 0.243 e. The van der Waals surface area contributed by atoms with Crippen molar-refractivity contribution >= 4 is 21.6 Å². The van der Waals surface area contributed by atoms with Gasteiger partial charge in [-0.15, -0.1) is 0 Å². The molecule has 0 aliphatic heterocycles. The average Bonchev–Trinajstić information content (AvgIpc) is 2.71. The van der Waals surface area contributed by atoms with Gasteiger partial charge < -0.3 is 10.1 Å². The fourth-order valence-electron chi connectivity index (χ4n) is 3.37. The van der Waals surface area contributed by atoms with Gasteiger partial charge >= 0.3 is 0 Å². The molecule has 0 bridgehead atoms. The number of hydrogen-bond donors (Lipinski definition) is 1. The van der Waals surface area contributed by atoms with Gasteiger partial charge in [0.15, 0.2) is 0 Å². The van der Waals surface area contributed by atoms with Crippen molar-refractivity contribution in [3.8, 4) is 5.75 Å². The molecule has 0 fully saturated rings. The van der Waals surface area contributed by atoms with E-state index in [4.69, 9.17) is 4.74 Å². The SMILES string of the molecule is CCCOc1ccccc1CCCNC(=O)[C@H](C)N(c1ccc(C)c(C)c1)S(C)(=O)=O. The molecular weight excluding hydrogens is 412 g/mol. The molecule has 31 heavy (non-hydrogen) atoms. The lowest BCUT2D eigenvalue weighted by molar-refractivity contribution is -0.121. The maximum absolute atomic E-state index is 12.7. The molecule has 7 heteroatoms. The molecule has 0 saturated heterocycles. The number of carbonyl (C=O) groups is 1. The Morgan fingerprint density at radius 1 is 1.13 bits per heavy atom. The highest BCUT2D eigenvalue weighted by Gasteiger charge is 2.29. The monoisotopic (exact) mass is 446 g/mol. The number of amides is 1. The number of ether oxygens (including phenoxy) is 1. The van der Waals surface area contributed by atoms with Gasteiger partial charge in [-0.3, -0.25) is 9.10 Å². The summed E-state index contributed by atoms with van der Waals surface area (Å²) in [4.78, 5) is 12.7. The zero-order valence-corrected chi connectivity index (χ0v) is 20.0. The van der Waals surface area contributed by atoms with Crippen LogP contribution in [-0.4, -0.2) is 39.8 Å². The first-order valence-electron chi connectivity index (χ1n) is 10.7. The molecule has 6 nitrogen and oxygen atoms in total. The third-order valence-electron chi connectivity index (χ3n) is 5.19. The molecule has 0 aliphatic rings. The number of sulfonamides is 1. The number of anilines is 1. The molecule has 0 aromatic heterocycles. The number of carbonyl (C=O) groups excluding carboxylic acids is 1. The number of aryl methyl sites for hydroxylation is 3. The first-order chi connectivity index (χ1) is 14.6. The summed E-state index contributed by atoms with van der Waals surface area (Å²) in [7, 11) is -3.62. The summed E-state index contributed by atoms with van der Waals surface area (Å²) < 4.78 is 31.9. The Morgan fingerprint density at radius 2 is 1.84 bits per heavy atom. The number of nitrogens with one attached hydrogen (secondary N) is 1. The van der Waals surface area contributed by atoms with Gasteiger partial charge in [-0.25, -0.2) is 8.42 Å².